The first-order chi connectivity index (χ1) is 9.69. The monoisotopic (exact) mass is 307 g/mol. The van der Waals surface area contributed by atoms with Crippen molar-refractivity contribution in [1.82, 2.24) is 4.90 Å². The lowest BCUT2D eigenvalue weighted by atomic mass is 9.63. The van der Waals surface area contributed by atoms with E-state index >= 15 is 0 Å². The van der Waals surface area contributed by atoms with Crippen molar-refractivity contribution in [2.75, 3.05) is 19.6 Å². The van der Waals surface area contributed by atoms with E-state index in [-0.39, 0.29) is 12.8 Å². The molecule has 0 radical (unpaired) electrons. The average Bonchev–Trinajstić information content (AvgIpc) is 2.42. The molecule has 1 aliphatic rings. The second kappa shape index (κ2) is 7.52. The summed E-state index contributed by atoms with van der Waals surface area (Å²) in [6.07, 6.45) is -0.914. The lowest BCUT2D eigenvalue weighted by molar-refractivity contribution is -0.185. The number of nitrogens with zero attached hydrogens (tertiary/aromatic N) is 1. The number of hydrogen-bond donors (Lipinski definition) is 1. The Bertz CT molecular complexity index is 344. The average molecular weight is 307 g/mol. The molecule has 0 spiro atoms. The maximum atomic E-state index is 12.6. The summed E-state index contributed by atoms with van der Waals surface area (Å²) >= 11 is 0. The molecule has 1 heterocycles. The summed E-state index contributed by atoms with van der Waals surface area (Å²) in [5, 5.41) is 8.60. The quantitative estimate of drug-likeness (QED) is 0.735. The van der Waals surface area contributed by atoms with E-state index in [0.29, 0.717) is 32.5 Å². The number of carbonyl (C=O) groups is 1. The highest BCUT2D eigenvalue weighted by molar-refractivity contribution is 6.26. The molecule has 1 atom stereocenters. The molecule has 1 rings (SSSR count). The minimum atomic E-state index is -4.09. The molecule has 0 amide bonds. The molecule has 0 bridgehead atoms. The number of piperidine rings is 1. The maximum absolute atomic E-state index is 12.6. The van der Waals surface area contributed by atoms with E-state index < -0.39 is 23.4 Å². The van der Waals surface area contributed by atoms with Crippen LogP contribution in [0.25, 0.3) is 0 Å². The van der Waals surface area contributed by atoms with Crippen molar-refractivity contribution in [2.45, 2.75) is 56.9 Å². The van der Waals surface area contributed by atoms with Crippen molar-refractivity contribution in [2.24, 2.45) is 5.92 Å². The molecule has 1 saturated heterocycles. The predicted octanol–water partition coefficient (Wildman–Crippen LogP) is 2.72. The fraction of sp³-hybridized carbons (Fsp3) is 0.929. The van der Waals surface area contributed by atoms with E-state index in [1.807, 2.05) is 11.8 Å². The van der Waals surface area contributed by atoms with Gasteiger partial charge in [-0.1, -0.05) is 19.8 Å². The molecular formula is C14H25BF3NO2. The Morgan fingerprint density at radius 2 is 1.86 bits per heavy atom. The van der Waals surface area contributed by atoms with E-state index in [0.717, 1.165) is 12.8 Å². The molecule has 3 nitrogen and oxygen atoms in total. The number of rotatable bonds is 7. The number of halogens is 3. The standard InChI is InChI=1S/C14H25BF3NO2/c1-2-3-6-13(15,12(20)21)7-10-19-8-4-11(5-9-19)14(16,17)18/h11H,2-10,15H2,1H3,(H,20,21). The van der Waals surface area contributed by atoms with Gasteiger partial charge < -0.3 is 10.0 Å². The molecule has 7 heteroatoms. The second-order valence-electron chi connectivity index (χ2n) is 6.38. The van der Waals surface area contributed by atoms with Crippen LogP contribution in [-0.4, -0.2) is 49.6 Å². The van der Waals surface area contributed by atoms with E-state index in [9.17, 15) is 23.1 Å². The molecular weight excluding hydrogens is 282 g/mol. The first-order valence-corrected chi connectivity index (χ1v) is 7.71. The van der Waals surface area contributed by atoms with Crippen LogP contribution in [0.5, 0.6) is 0 Å². The van der Waals surface area contributed by atoms with Crippen molar-refractivity contribution < 1.29 is 23.1 Å². The van der Waals surface area contributed by atoms with Crippen LogP contribution in [0.4, 0.5) is 13.2 Å². The number of carboxylic acid groups (broad SMARTS) is 1. The van der Waals surface area contributed by atoms with Gasteiger partial charge in [-0.05, 0) is 45.3 Å². The first-order valence-electron chi connectivity index (χ1n) is 7.71. The fourth-order valence-corrected chi connectivity index (χ4v) is 2.79. The Kier molecular flexibility index (Phi) is 6.56. The number of carboxylic acids is 1. The predicted molar refractivity (Wildman–Crippen MR) is 78.2 cm³/mol. The van der Waals surface area contributed by atoms with Crippen molar-refractivity contribution >= 4 is 13.8 Å². The summed E-state index contributed by atoms with van der Waals surface area (Å²) < 4.78 is 37.8. The van der Waals surface area contributed by atoms with Crippen LogP contribution in [0.15, 0.2) is 0 Å². The lowest BCUT2D eigenvalue weighted by Crippen LogP contribution is -2.40. The second-order valence-corrected chi connectivity index (χ2v) is 6.38. The molecule has 0 aromatic carbocycles. The van der Waals surface area contributed by atoms with E-state index in [1.165, 1.54) is 0 Å². The van der Waals surface area contributed by atoms with E-state index in [1.54, 1.807) is 7.85 Å². The van der Waals surface area contributed by atoms with Crippen molar-refractivity contribution in [3.05, 3.63) is 0 Å². The Morgan fingerprint density at radius 3 is 2.29 bits per heavy atom. The summed E-state index contributed by atoms with van der Waals surface area (Å²) in [6, 6.07) is 0. The molecule has 0 aromatic rings. The van der Waals surface area contributed by atoms with Gasteiger partial charge in [0.1, 0.15) is 7.85 Å². The summed E-state index contributed by atoms with van der Waals surface area (Å²) in [5.41, 5.74) is 0. The van der Waals surface area contributed by atoms with Crippen LogP contribution < -0.4 is 0 Å². The summed E-state index contributed by atoms with van der Waals surface area (Å²) in [6.45, 7) is 3.41. The third-order valence-electron chi connectivity index (χ3n) is 4.63. The molecule has 1 unspecified atom stereocenters. The molecule has 1 N–H and O–H groups in total. The summed E-state index contributed by atoms with van der Waals surface area (Å²) in [7, 11) is 1.74. The molecule has 0 aromatic heterocycles. The van der Waals surface area contributed by atoms with Crippen molar-refractivity contribution in [1.29, 1.82) is 0 Å². The van der Waals surface area contributed by atoms with Gasteiger partial charge in [-0.15, -0.1) is 0 Å². The minimum Gasteiger partial charge on any atom is -0.481 e. The van der Waals surface area contributed by atoms with Crippen LogP contribution in [-0.2, 0) is 4.79 Å². The maximum Gasteiger partial charge on any atom is 0.391 e. The van der Waals surface area contributed by atoms with Gasteiger partial charge in [0.05, 0.1) is 5.92 Å². The van der Waals surface area contributed by atoms with E-state index in [2.05, 4.69) is 0 Å². The Balaban J connectivity index is 2.43. The van der Waals surface area contributed by atoms with Gasteiger partial charge in [0.2, 0.25) is 0 Å². The third-order valence-corrected chi connectivity index (χ3v) is 4.63. The van der Waals surface area contributed by atoms with Gasteiger partial charge in [-0.2, -0.15) is 13.2 Å². The zero-order valence-corrected chi connectivity index (χ0v) is 12.9. The normalized spacial score (nSPS) is 21.1. The molecule has 0 aliphatic carbocycles. The number of unbranched alkanes of at least 4 members (excludes halogenated alkanes) is 1. The van der Waals surface area contributed by atoms with Crippen molar-refractivity contribution in [3.63, 3.8) is 0 Å². The summed E-state index contributed by atoms with van der Waals surface area (Å²) in [5.74, 6) is -2.00. The lowest BCUT2D eigenvalue weighted by Gasteiger charge is -2.35. The highest BCUT2D eigenvalue weighted by atomic mass is 19.4. The van der Waals surface area contributed by atoms with Crippen LogP contribution in [0.3, 0.4) is 0 Å². The number of hydrogen-bond acceptors (Lipinski definition) is 2. The van der Waals surface area contributed by atoms with Crippen LogP contribution in [0.2, 0.25) is 5.31 Å². The largest absolute Gasteiger partial charge is 0.481 e. The SMILES string of the molecule is BC(CCCC)(CCN1CCC(C(F)(F)F)CC1)C(=O)O. The summed E-state index contributed by atoms with van der Waals surface area (Å²) in [4.78, 5) is 13.4. The van der Waals surface area contributed by atoms with Gasteiger partial charge in [-0.3, -0.25) is 4.79 Å². The molecule has 21 heavy (non-hydrogen) atoms. The molecule has 0 saturated carbocycles. The van der Waals surface area contributed by atoms with Gasteiger partial charge in [0, 0.05) is 5.31 Å². The van der Waals surface area contributed by atoms with Gasteiger partial charge in [0.25, 0.3) is 0 Å². The zero-order chi connectivity index (χ0) is 16.1. The molecule has 122 valence electrons. The van der Waals surface area contributed by atoms with Crippen LogP contribution >= 0.6 is 0 Å². The Labute approximate surface area is 125 Å². The van der Waals surface area contributed by atoms with Crippen LogP contribution in [0.1, 0.15) is 45.4 Å². The Morgan fingerprint density at radius 1 is 1.29 bits per heavy atom. The van der Waals surface area contributed by atoms with Crippen LogP contribution in [0, 0.1) is 5.92 Å². The first kappa shape index (κ1) is 18.3. The van der Waals surface area contributed by atoms with Gasteiger partial charge in [0.15, 0.2) is 0 Å². The number of aliphatic carboxylic acids is 1. The number of likely N-dealkylation sites (tertiary alicyclic amines) is 1. The third kappa shape index (κ3) is 5.53. The topological polar surface area (TPSA) is 40.5 Å². The van der Waals surface area contributed by atoms with Crippen molar-refractivity contribution in [3.8, 4) is 0 Å². The highest BCUT2D eigenvalue weighted by Gasteiger charge is 2.41. The molecule has 1 aliphatic heterocycles. The highest BCUT2D eigenvalue weighted by Crippen LogP contribution is 2.36. The smallest absolute Gasteiger partial charge is 0.391 e. The Hall–Kier alpha value is -0.715. The van der Waals surface area contributed by atoms with Gasteiger partial charge in [-0.25, -0.2) is 0 Å². The number of alkyl halides is 3. The zero-order valence-electron chi connectivity index (χ0n) is 12.9. The van der Waals surface area contributed by atoms with E-state index in [4.69, 9.17) is 0 Å². The molecule has 1 fully saturated rings. The van der Waals surface area contributed by atoms with Gasteiger partial charge >= 0.3 is 12.1 Å². The minimum absolute atomic E-state index is 0.127. The fourth-order valence-electron chi connectivity index (χ4n) is 2.79.